The van der Waals surface area contributed by atoms with E-state index in [0.29, 0.717) is 0 Å². The summed E-state index contributed by atoms with van der Waals surface area (Å²) in [4.78, 5) is 0. The molecule has 1 spiro atoms. The van der Waals surface area contributed by atoms with Crippen LogP contribution in [-0.2, 0) is 10.8 Å². The average Bonchev–Trinajstić information content (AvgIpc) is 1.51. The lowest BCUT2D eigenvalue weighted by atomic mass is 9.70. The van der Waals surface area contributed by atoms with E-state index in [1.54, 1.807) is 0 Å². The minimum Gasteiger partial charge on any atom is -0.309 e. The quantitative estimate of drug-likeness (QED) is 0.144. The summed E-state index contributed by atoms with van der Waals surface area (Å²) in [5.74, 6) is 0. The molecule has 0 saturated heterocycles. The van der Waals surface area contributed by atoms with E-state index in [1.807, 2.05) is 0 Å². The highest BCUT2D eigenvalue weighted by Crippen LogP contribution is 2.63. The molecule has 0 radical (unpaired) electrons. The van der Waals surface area contributed by atoms with E-state index in [-0.39, 0.29) is 10.8 Å². The SMILES string of the molecule is CC1(C)c2ccccc2-c2cc(-c3cccc(-c4ccc(-n5c6ccccc6c6ccc(-n7c8ccccc8c8ccccc87)cc65)cc4)c3)ccc21.c1cc(-c2cccc(-n3c4ccccc4c4ccc(-n5c6ccccc6c6ccccc65)cc43)c2)cc(-c2ccc3c(c2)C2(c4ccccc4-c4ccccc42)c2ccccc2-3)c1. The van der Waals surface area contributed by atoms with Crippen LogP contribution in [0.1, 0.15) is 47.2 Å². The lowest BCUT2D eigenvalue weighted by Gasteiger charge is -2.30. The van der Waals surface area contributed by atoms with Crippen LogP contribution in [0.2, 0.25) is 0 Å². The van der Waals surface area contributed by atoms with Crippen molar-refractivity contribution in [2.45, 2.75) is 24.7 Å². The van der Waals surface area contributed by atoms with E-state index in [2.05, 4.69) is 445 Å². The van der Waals surface area contributed by atoms with E-state index in [9.17, 15) is 0 Å². The largest absolute Gasteiger partial charge is 0.309 e. The maximum atomic E-state index is 2.48. The molecule has 0 saturated carbocycles. The maximum Gasteiger partial charge on any atom is 0.0725 e. The summed E-state index contributed by atoms with van der Waals surface area (Å²) in [6, 6.07) is 153. The number of hydrogen-bond donors (Lipinski definition) is 0. The summed E-state index contributed by atoms with van der Waals surface area (Å²) in [5.41, 5.74) is 39.9. The molecule has 18 aromatic carbocycles. The van der Waals surface area contributed by atoms with Crippen LogP contribution in [0.25, 0.3) is 188 Å². The predicted octanol–water partition coefficient (Wildman–Crippen LogP) is 29.1. The lowest BCUT2D eigenvalue weighted by molar-refractivity contribution is 0.660. The van der Waals surface area contributed by atoms with Crippen molar-refractivity contribution < 1.29 is 0 Å². The van der Waals surface area contributed by atoms with Crippen molar-refractivity contribution in [1.82, 2.24) is 18.3 Å². The Morgan fingerprint density at radius 3 is 0.888 bits per heavy atom. The van der Waals surface area contributed by atoms with Gasteiger partial charge in [0.2, 0.25) is 0 Å². The second kappa shape index (κ2) is 25.3. The Labute approximate surface area is 672 Å². The maximum absolute atomic E-state index is 2.48. The van der Waals surface area contributed by atoms with Crippen LogP contribution in [0.4, 0.5) is 0 Å². The average molecular weight is 1480 g/mol. The second-order valence-electron chi connectivity index (χ2n) is 32.2. The van der Waals surface area contributed by atoms with E-state index in [0.717, 1.165) is 22.7 Å². The van der Waals surface area contributed by atoms with E-state index in [4.69, 9.17) is 0 Å². The third-order valence-electron chi connectivity index (χ3n) is 25.9. The van der Waals surface area contributed by atoms with E-state index < -0.39 is 0 Å². The third-order valence-corrected chi connectivity index (χ3v) is 25.9. The molecule has 4 heterocycles. The van der Waals surface area contributed by atoms with Gasteiger partial charge in [-0.15, -0.1) is 0 Å². The monoisotopic (exact) mass is 1470 g/mol. The zero-order valence-electron chi connectivity index (χ0n) is 64.0. The van der Waals surface area contributed by atoms with Crippen molar-refractivity contribution in [3.05, 3.63) is 446 Å². The van der Waals surface area contributed by atoms with E-state index >= 15 is 0 Å². The zero-order valence-corrected chi connectivity index (χ0v) is 64.0. The Hall–Kier alpha value is -14.8. The van der Waals surface area contributed by atoms with Crippen molar-refractivity contribution in [2.75, 3.05) is 0 Å². The molecule has 4 heteroatoms. The molecule has 0 atom stereocenters. The molecule has 0 bridgehead atoms. The molecule has 4 nitrogen and oxygen atoms in total. The standard InChI is InChI=1S/C61H38N2.C51H36N2/c1-7-25-53-45(19-1)46-20-2-8-26-54(46)61(53)55-27-9-3-21-47(55)48-33-31-42(37-56(48)61)40-16-13-15-39(35-40)41-17-14-18-43(36-41)63-59-30-12-6-24-51(59)52-34-32-44(38-60(52)63)62-57-28-10-4-22-49(57)50-23-5-11-29-58(50)62;1-51(2)45-18-7-3-14-39(45)44-31-36(24-29-46(44)51)35-13-11-12-34(30-35)33-22-25-37(26-23-33)52-47-19-8-6-17-42(47)43-28-27-38(32-50(43)52)53-48-20-9-4-15-40(48)41-16-5-10-21-49(41)53/h1-38H;3-32H,1-2H3. The summed E-state index contributed by atoms with van der Waals surface area (Å²) in [7, 11) is 0. The van der Waals surface area contributed by atoms with Crippen LogP contribution in [0.3, 0.4) is 0 Å². The van der Waals surface area contributed by atoms with E-state index in [1.165, 1.54) is 198 Å². The Bertz CT molecular complexity index is 7710. The van der Waals surface area contributed by atoms with Gasteiger partial charge in [-0.3, -0.25) is 0 Å². The minimum atomic E-state index is -0.370. The molecule has 0 aliphatic heterocycles. The number of rotatable bonds is 8. The van der Waals surface area contributed by atoms with Gasteiger partial charge in [0.15, 0.2) is 0 Å². The number of aromatic nitrogens is 4. The van der Waals surface area contributed by atoms with Gasteiger partial charge in [-0.25, -0.2) is 0 Å². The first kappa shape index (κ1) is 65.8. The Balaban J connectivity index is 0.000000135. The molecule has 3 aliphatic carbocycles. The molecule has 542 valence electrons. The fourth-order valence-corrected chi connectivity index (χ4v) is 20.7. The molecule has 0 fully saturated rings. The lowest BCUT2D eigenvalue weighted by Crippen LogP contribution is -2.25. The van der Waals surface area contributed by atoms with Gasteiger partial charge in [0, 0.05) is 71.3 Å². The molecule has 0 unspecified atom stereocenters. The highest BCUT2D eigenvalue weighted by molar-refractivity contribution is 6.14. The molecule has 3 aliphatic rings. The normalized spacial score (nSPS) is 13.2. The van der Waals surface area contributed by atoms with Gasteiger partial charge in [0.05, 0.1) is 49.5 Å². The van der Waals surface area contributed by atoms with Crippen molar-refractivity contribution in [1.29, 1.82) is 0 Å². The van der Waals surface area contributed by atoms with Gasteiger partial charge in [-0.2, -0.15) is 0 Å². The fraction of sp³-hybridized carbons (Fsp3) is 0.0357. The summed E-state index contributed by atoms with van der Waals surface area (Å²) in [5, 5.41) is 10.1. The Morgan fingerprint density at radius 2 is 0.440 bits per heavy atom. The smallest absolute Gasteiger partial charge is 0.0725 e. The highest BCUT2D eigenvalue weighted by atomic mass is 15.0. The van der Waals surface area contributed by atoms with Crippen molar-refractivity contribution in [2.24, 2.45) is 0 Å². The van der Waals surface area contributed by atoms with Crippen LogP contribution in [0.15, 0.2) is 413 Å². The van der Waals surface area contributed by atoms with Crippen LogP contribution in [0, 0.1) is 0 Å². The number of fused-ring (bicyclic) bond motifs is 25. The summed E-state index contributed by atoms with van der Waals surface area (Å²) in [6.07, 6.45) is 0. The topological polar surface area (TPSA) is 19.7 Å². The van der Waals surface area contributed by atoms with Crippen LogP contribution in [0.5, 0.6) is 0 Å². The summed E-state index contributed by atoms with van der Waals surface area (Å²) < 4.78 is 9.69. The van der Waals surface area contributed by atoms with Crippen molar-refractivity contribution in [3.8, 4) is 101 Å². The summed E-state index contributed by atoms with van der Waals surface area (Å²) in [6.45, 7) is 4.68. The number of nitrogens with zero attached hydrogens (tertiary/aromatic N) is 4. The van der Waals surface area contributed by atoms with Crippen LogP contribution < -0.4 is 0 Å². The molecule has 116 heavy (non-hydrogen) atoms. The van der Waals surface area contributed by atoms with Gasteiger partial charge >= 0.3 is 0 Å². The van der Waals surface area contributed by atoms with Gasteiger partial charge in [-0.05, 0) is 220 Å². The number of para-hydroxylation sites is 6. The predicted molar refractivity (Wildman–Crippen MR) is 486 cm³/mol. The zero-order chi connectivity index (χ0) is 76.5. The van der Waals surface area contributed by atoms with Crippen LogP contribution >= 0.6 is 0 Å². The molecule has 0 N–H and O–H groups in total. The molecule has 22 aromatic rings. The van der Waals surface area contributed by atoms with Gasteiger partial charge in [0.25, 0.3) is 0 Å². The van der Waals surface area contributed by atoms with Gasteiger partial charge < -0.3 is 18.3 Å². The highest BCUT2D eigenvalue weighted by Gasteiger charge is 2.51. The first-order valence-corrected chi connectivity index (χ1v) is 40.4. The first-order chi connectivity index (χ1) is 57.3. The molecule has 25 rings (SSSR count). The second-order valence-corrected chi connectivity index (χ2v) is 32.2. The van der Waals surface area contributed by atoms with Crippen molar-refractivity contribution >= 4 is 87.2 Å². The van der Waals surface area contributed by atoms with Crippen LogP contribution in [-0.4, -0.2) is 18.3 Å². The van der Waals surface area contributed by atoms with Gasteiger partial charge in [-0.1, -0.05) is 317 Å². The molecule has 4 aromatic heterocycles. The molecule has 0 amide bonds. The third kappa shape index (κ3) is 9.62. The molecular weight excluding hydrogens is 1400 g/mol. The van der Waals surface area contributed by atoms with Gasteiger partial charge in [0.1, 0.15) is 0 Å². The first-order valence-electron chi connectivity index (χ1n) is 40.4. The number of benzene rings is 18. The molecular formula is C112H74N4. The minimum absolute atomic E-state index is 0.0109. The summed E-state index contributed by atoms with van der Waals surface area (Å²) >= 11 is 0. The Kier molecular flexibility index (Phi) is 14.4. The number of hydrogen-bond acceptors (Lipinski definition) is 0. The fourth-order valence-electron chi connectivity index (χ4n) is 20.7. The Morgan fingerprint density at radius 1 is 0.155 bits per heavy atom. The van der Waals surface area contributed by atoms with Crippen molar-refractivity contribution in [3.63, 3.8) is 0 Å².